The van der Waals surface area contributed by atoms with Gasteiger partial charge in [0.2, 0.25) is 5.79 Å². The molecular formula is C6H10O3. The monoisotopic (exact) mass is 130 g/mol. The molecule has 0 aromatic carbocycles. The van der Waals surface area contributed by atoms with E-state index in [1.165, 1.54) is 0 Å². The van der Waals surface area contributed by atoms with E-state index in [0.717, 1.165) is 12.8 Å². The Morgan fingerprint density at radius 1 is 1.78 bits per heavy atom. The highest BCUT2D eigenvalue weighted by atomic mass is 16.7. The van der Waals surface area contributed by atoms with Crippen LogP contribution in [0.4, 0.5) is 0 Å². The average Bonchev–Trinajstić information content (AvgIpc) is 2.16. The third-order valence-electron chi connectivity index (χ3n) is 1.48. The summed E-state index contributed by atoms with van der Waals surface area (Å²) in [7, 11) is 0. The maximum atomic E-state index is 9.86. The summed E-state index contributed by atoms with van der Waals surface area (Å²) in [5.74, 6) is -0.623. The topological polar surface area (TPSA) is 35.5 Å². The van der Waals surface area contributed by atoms with Gasteiger partial charge < -0.3 is 9.47 Å². The number of hydrogen-bond acceptors (Lipinski definition) is 3. The summed E-state index contributed by atoms with van der Waals surface area (Å²) in [5, 5.41) is 0. The standard InChI is InChI=1S/C6H10O3/c1-6(9-5-7)3-2-4-8-6/h5H,2-4H2,1H3. The first-order valence-electron chi connectivity index (χ1n) is 3.02. The zero-order valence-corrected chi connectivity index (χ0v) is 5.42. The molecule has 1 saturated heterocycles. The van der Waals surface area contributed by atoms with Gasteiger partial charge in [-0.3, -0.25) is 4.79 Å². The molecule has 0 radical (unpaired) electrons. The van der Waals surface area contributed by atoms with Gasteiger partial charge in [-0.15, -0.1) is 0 Å². The van der Waals surface area contributed by atoms with E-state index >= 15 is 0 Å². The normalized spacial score (nSPS) is 34.3. The van der Waals surface area contributed by atoms with E-state index in [2.05, 4.69) is 4.74 Å². The zero-order chi connectivity index (χ0) is 6.74. The predicted octanol–water partition coefficient (Wildman–Crippen LogP) is 0.686. The molecule has 0 spiro atoms. The Balaban J connectivity index is 2.40. The molecule has 3 nitrogen and oxygen atoms in total. The van der Waals surface area contributed by atoms with E-state index in [9.17, 15) is 4.79 Å². The van der Waals surface area contributed by atoms with Crippen LogP contribution in [-0.2, 0) is 14.3 Å². The van der Waals surface area contributed by atoms with Gasteiger partial charge in [0.15, 0.2) is 0 Å². The molecule has 0 N–H and O–H groups in total. The minimum Gasteiger partial charge on any atom is -0.436 e. The van der Waals surface area contributed by atoms with Gasteiger partial charge in [0.25, 0.3) is 6.47 Å². The number of rotatable bonds is 2. The molecule has 0 aromatic heterocycles. The van der Waals surface area contributed by atoms with Gasteiger partial charge in [0.05, 0.1) is 6.61 Å². The zero-order valence-electron chi connectivity index (χ0n) is 5.42. The van der Waals surface area contributed by atoms with Crippen molar-refractivity contribution in [3.63, 3.8) is 0 Å². The predicted molar refractivity (Wildman–Crippen MR) is 30.7 cm³/mol. The van der Waals surface area contributed by atoms with Crippen molar-refractivity contribution in [2.24, 2.45) is 0 Å². The summed E-state index contributed by atoms with van der Waals surface area (Å²) < 4.78 is 9.81. The molecule has 0 saturated carbocycles. The van der Waals surface area contributed by atoms with E-state index in [-0.39, 0.29) is 0 Å². The Hall–Kier alpha value is -0.570. The molecular weight excluding hydrogens is 120 g/mol. The van der Waals surface area contributed by atoms with Crippen LogP contribution in [-0.4, -0.2) is 18.9 Å². The molecule has 3 heteroatoms. The van der Waals surface area contributed by atoms with E-state index < -0.39 is 5.79 Å². The smallest absolute Gasteiger partial charge is 0.295 e. The average molecular weight is 130 g/mol. The minimum absolute atomic E-state index is 0.436. The molecule has 1 unspecified atom stereocenters. The van der Waals surface area contributed by atoms with Gasteiger partial charge in [-0.2, -0.15) is 0 Å². The number of hydrogen-bond donors (Lipinski definition) is 0. The second-order valence-corrected chi connectivity index (χ2v) is 2.30. The lowest BCUT2D eigenvalue weighted by molar-refractivity contribution is -0.192. The Morgan fingerprint density at radius 2 is 2.56 bits per heavy atom. The van der Waals surface area contributed by atoms with E-state index in [1.54, 1.807) is 6.92 Å². The first-order valence-corrected chi connectivity index (χ1v) is 3.02. The van der Waals surface area contributed by atoms with Crippen molar-refractivity contribution in [1.82, 2.24) is 0 Å². The van der Waals surface area contributed by atoms with Gasteiger partial charge in [0.1, 0.15) is 0 Å². The Bertz CT molecular complexity index is 105. The van der Waals surface area contributed by atoms with Crippen LogP contribution in [0.2, 0.25) is 0 Å². The molecule has 9 heavy (non-hydrogen) atoms. The molecule has 0 aliphatic carbocycles. The van der Waals surface area contributed by atoms with E-state index in [1.807, 2.05) is 0 Å². The Morgan fingerprint density at radius 3 is 3.00 bits per heavy atom. The summed E-state index contributed by atoms with van der Waals surface area (Å²) in [5.41, 5.74) is 0. The summed E-state index contributed by atoms with van der Waals surface area (Å²) in [6.45, 7) is 2.91. The fourth-order valence-electron chi connectivity index (χ4n) is 0.948. The van der Waals surface area contributed by atoms with E-state index in [0.29, 0.717) is 13.1 Å². The fraction of sp³-hybridized carbons (Fsp3) is 0.833. The number of carbonyl (C=O) groups is 1. The fourth-order valence-corrected chi connectivity index (χ4v) is 0.948. The first-order chi connectivity index (χ1) is 4.27. The van der Waals surface area contributed by atoms with Gasteiger partial charge in [-0.1, -0.05) is 0 Å². The van der Waals surface area contributed by atoms with E-state index in [4.69, 9.17) is 4.74 Å². The molecule has 0 amide bonds. The van der Waals surface area contributed by atoms with Crippen LogP contribution >= 0.6 is 0 Å². The van der Waals surface area contributed by atoms with Crippen molar-refractivity contribution in [3.8, 4) is 0 Å². The Kier molecular flexibility index (Phi) is 1.71. The van der Waals surface area contributed by atoms with Crippen LogP contribution in [0, 0.1) is 0 Å². The minimum atomic E-state index is -0.623. The lowest BCUT2D eigenvalue weighted by atomic mass is 10.2. The van der Waals surface area contributed by atoms with Gasteiger partial charge in [0, 0.05) is 13.3 Å². The van der Waals surface area contributed by atoms with Crippen molar-refractivity contribution >= 4 is 6.47 Å². The molecule has 1 aliphatic heterocycles. The third kappa shape index (κ3) is 1.42. The van der Waals surface area contributed by atoms with Gasteiger partial charge in [-0.25, -0.2) is 0 Å². The van der Waals surface area contributed by atoms with Crippen LogP contribution < -0.4 is 0 Å². The molecule has 1 heterocycles. The van der Waals surface area contributed by atoms with Crippen molar-refractivity contribution in [3.05, 3.63) is 0 Å². The summed E-state index contributed by atoms with van der Waals surface area (Å²) in [4.78, 5) is 9.86. The van der Waals surface area contributed by atoms with Crippen LogP contribution in [0.1, 0.15) is 19.8 Å². The quantitative estimate of drug-likeness (QED) is 0.516. The van der Waals surface area contributed by atoms with Gasteiger partial charge in [-0.05, 0) is 6.42 Å². The summed E-state index contributed by atoms with van der Waals surface area (Å²) in [6.07, 6.45) is 1.79. The highest BCUT2D eigenvalue weighted by molar-refractivity contribution is 5.37. The Labute approximate surface area is 53.9 Å². The van der Waals surface area contributed by atoms with Crippen molar-refractivity contribution < 1.29 is 14.3 Å². The molecule has 1 atom stereocenters. The molecule has 0 aromatic rings. The van der Waals surface area contributed by atoms with Crippen LogP contribution in [0.25, 0.3) is 0 Å². The van der Waals surface area contributed by atoms with Crippen molar-refractivity contribution in [1.29, 1.82) is 0 Å². The number of carbonyl (C=O) groups excluding carboxylic acids is 1. The maximum absolute atomic E-state index is 9.86. The first kappa shape index (κ1) is 6.55. The summed E-state index contributed by atoms with van der Waals surface area (Å²) in [6, 6.07) is 0. The molecule has 0 bridgehead atoms. The molecule has 1 rings (SSSR count). The second-order valence-electron chi connectivity index (χ2n) is 2.30. The number of ether oxygens (including phenoxy) is 2. The lowest BCUT2D eigenvalue weighted by Crippen LogP contribution is -2.26. The molecule has 52 valence electrons. The van der Waals surface area contributed by atoms with Crippen molar-refractivity contribution in [2.45, 2.75) is 25.6 Å². The summed E-state index contributed by atoms with van der Waals surface area (Å²) >= 11 is 0. The highest BCUT2D eigenvalue weighted by Gasteiger charge is 2.30. The molecule has 1 fully saturated rings. The largest absolute Gasteiger partial charge is 0.436 e. The third-order valence-corrected chi connectivity index (χ3v) is 1.48. The lowest BCUT2D eigenvalue weighted by Gasteiger charge is -2.19. The van der Waals surface area contributed by atoms with Crippen LogP contribution in [0.5, 0.6) is 0 Å². The highest BCUT2D eigenvalue weighted by Crippen LogP contribution is 2.24. The van der Waals surface area contributed by atoms with Crippen LogP contribution in [0.15, 0.2) is 0 Å². The molecule has 1 aliphatic rings. The van der Waals surface area contributed by atoms with Gasteiger partial charge >= 0.3 is 0 Å². The second kappa shape index (κ2) is 2.35. The SMILES string of the molecule is CC1(OC=O)CCCO1. The maximum Gasteiger partial charge on any atom is 0.295 e. The van der Waals surface area contributed by atoms with Crippen LogP contribution in [0.3, 0.4) is 0 Å². The van der Waals surface area contributed by atoms with Crippen molar-refractivity contribution in [2.75, 3.05) is 6.61 Å².